The smallest absolute Gasteiger partial charge is 0.260 e. The van der Waals surface area contributed by atoms with Crippen LogP contribution in [0.1, 0.15) is 59.4 Å². The Labute approximate surface area is 151 Å². The molecule has 2 aliphatic rings. The Morgan fingerprint density at radius 2 is 1.88 bits per heavy atom. The summed E-state index contributed by atoms with van der Waals surface area (Å²) in [6.45, 7) is 0. The Morgan fingerprint density at radius 1 is 1.04 bits per heavy atom. The SMILES string of the molecule is O=C(Nc1cc(-c2cccnc2)ccn1)c1cc(C2CC2)oc1C1CC1. The third-order valence-corrected chi connectivity index (χ3v) is 4.95. The molecule has 1 amide bonds. The first-order chi connectivity index (χ1) is 12.8. The van der Waals surface area contributed by atoms with Gasteiger partial charge in [-0.1, -0.05) is 6.07 Å². The number of carbonyl (C=O) groups is 1. The summed E-state index contributed by atoms with van der Waals surface area (Å²) in [7, 11) is 0. The fraction of sp³-hybridized carbons (Fsp3) is 0.286. The molecule has 2 fully saturated rings. The van der Waals surface area contributed by atoms with Crippen LogP contribution in [0.5, 0.6) is 0 Å². The van der Waals surface area contributed by atoms with Gasteiger partial charge < -0.3 is 9.73 Å². The van der Waals surface area contributed by atoms with Gasteiger partial charge in [0.1, 0.15) is 17.3 Å². The number of amides is 1. The van der Waals surface area contributed by atoms with Crippen LogP contribution in [0.4, 0.5) is 5.82 Å². The molecule has 3 heterocycles. The van der Waals surface area contributed by atoms with Crippen LogP contribution in [0, 0.1) is 0 Å². The monoisotopic (exact) mass is 345 g/mol. The van der Waals surface area contributed by atoms with E-state index in [9.17, 15) is 4.79 Å². The number of pyridine rings is 2. The van der Waals surface area contributed by atoms with Crippen molar-refractivity contribution in [1.82, 2.24) is 9.97 Å². The lowest BCUT2D eigenvalue weighted by atomic mass is 10.1. The number of nitrogens with zero attached hydrogens (tertiary/aromatic N) is 2. The molecule has 0 bridgehead atoms. The van der Waals surface area contributed by atoms with E-state index in [4.69, 9.17) is 4.42 Å². The molecule has 3 aromatic heterocycles. The molecule has 0 aliphatic heterocycles. The zero-order valence-corrected chi connectivity index (χ0v) is 14.3. The molecule has 1 N–H and O–H groups in total. The summed E-state index contributed by atoms with van der Waals surface area (Å²) in [6.07, 6.45) is 9.76. The Bertz CT molecular complexity index is 956. The van der Waals surface area contributed by atoms with Crippen molar-refractivity contribution in [3.05, 3.63) is 66.0 Å². The van der Waals surface area contributed by atoms with Crippen LogP contribution in [-0.4, -0.2) is 15.9 Å². The summed E-state index contributed by atoms with van der Waals surface area (Å²) >= 11 is 0. The normalized spacial score (nSPS) is 16.5. The molecule has 0 saturated heterocycles. The Hall–Kier alpha value is -2.95. The molecule has 0 unspecified atom stereocenters. The maximum Gasteiger partial charge on any atom is 0.260 e. The molecule has 0 radical (unpaired) electrons. The van der Waals surface area contributed by atoms with Gasteiger partial charge in [-0.2, -0.15) is 0 Å². The fourth-order valence-corrected chi connectivity index (χ4v) is 3.22. The van der Waals surface area contributed by atoms with Crippen molar-refractivity contribution in [2.75, 3.05) is 5.32 Å². The average Bonchev–Trinajstić information content (AvgIpc) is 3.61. The number of aromatic nitrogens is 2. The van der Waals surface area contributed by atoms with E-state index in [-0.39, 0.29) is 5.91 Å². The molecule has 0 spiro atoms. The maximum absolute atomic E-state index is 12.8. The number of hydrogen-bond acceptors (Lipinski definition) is 4. The van der Waals surface area contributed by atoms with Gasteiger partial charge in [-0.05, 0) is 55.5 Å². The highest BCUT2D eigenvalue weighted by molar-refractivity contribution is 6.05. The van der Waals surface area contributed by atoms with E-state index in [1.165, 1.54) is 0 Å². The molecule has 2 aliphatic carbocycles. The Morgan fingerprint density at radius 3 is 2.62 bits per heavy atom. The topological polar surface area (TPSA) is 68.0 Å². The minimum absolute atomic E-state index is 0.140. The number of hydrogen-bond donors (Lipinski definition) is 1. The Kier molecular flexibility index (Phi) is 3.59. The fourth-order valence-electron chi connectivity index (χ4n) is 3.22. The van der Waals surface area contributed by atoms with Crippen molar-refractivity contribution < 1.29 is 9.21 Å². The minimum atomic E-state index is -0.140. The molecular weight excluding hydrogens is 326 g/mol. The zero-order valence-electron chi connectivity index (χ0n) is 14.3. The van der Waals surface area contributed by atoms with Gasteiger partial charge in [0.15, 0.2) is 0 Å². The van der Waals surface area contributed by atoms with Crippen LogP contribution in [0.3, 0.4) is 0 Å². The van der Waals surface area contributed by atoms with E-state index < -0.39 is 0 Å². The van der Waals surface area contributed by atoms with Crippen LogP contribution in [-0.2, 0) is 0 Å². The third-order valence-electron chi connectivity index (χ3n) is 4.95. The first-order valence-corrected chi connectivity index (χ1v) is 9.09. The number of carbonyl (C=O) groups excluding carboxylic acids is 1. The van der Waals surface area contributed by atoms with E-state index in [0.29, 0.717) is 23.2 Å². The largest absolute Gasteiger partial charge is 0.465 e. The summed E-state index contributed by atoms with van der Waals surface area (Å²) in [5.41, 5.74) is 2.63. The standard InChI is InChI=1S/C21H19N3O2/c25-21(17-11-18(13-3-4-13)26-20(17)14-5-6-14)24-19-10-15(7-9-23-19)16-2-1-8-22-12-16/h1-2,7-14H,3-6H2,(H,23,24,25). The van der Waals surface area contributed by atoms with Gasteiger partial charge in [0.25, 0.3) is 5.91 Å². The first-order valence-electron chi connectivity index (χ1n) is 9.09. The van der Waals surface area contributed by atoms with Gasteiger partial charge >= 0.3 is 0 Å². The first kappa shape index (κ1) is 15.3. The van der Waals surface area contributed by atoms with Gasteiger partial charge in [-0.15, -0.1) is 0 Å². The summed E-state index contributed by atoms with van der Waals surface area (Å²) < 4.78 is 6.03. The summed E-state index contributed by atoms with van der Waals surface area (Å²) in [6, 6.07) is 9.59. The summed E-state index contributed by atoms with van der Waals surface area (Å²) in [5.74, 6) is 3.12. The van der Waals surface area contributed by atoms with Crippen molar-refractivity contribution in [1.29, 1.82) is 0 Å². The molecule has 5 heteroatoms. The van der Waals surface area contributed by atoms with E-state index in [1.54, 1.807) is 18.6 Å². The second kappa shape index (κ2) is 6.09. The average molecular weight is 345 g/mol. The molecule has 0 aromatic carbocycles. The maximum atomic E-state index is 12.8. The molecule has 0 atom stereocenters. The number of anilines is 1. The highest BCUT2D eigenvalue weighted by atomic mass is 16.3. The number of nitrogens with one attached hydrogen (secondary N) is 1. The van der Waals surface area contributed by atoms with Crippen LogP contribution < -0.4 is 5.32 Å². The second-order valence-corrected chi connectivity index (χ2v) is 7.10. The quantitative estimate of drug-likeness (QED) is 0.725. The minimum Gasteiger partial charge on any atom is -0.465 e. The molecule has 26 heavy (non-hydrogen) atoms. The predicted molar refractivity (Wildman–Crippen MR) is 98.1 cm³/mol. The van der Waals surface area contributed by atoms with Crippen molar-refractivity contribution in [2.24, 2.45) is 0 Å². The molecule has 5 nitrogen and oxygen atoms in total. The lowest BCUT2D eigenvalue weighted by molar-refractivity contribution is 0.102. The Balaban J connectivity index is 1.41. The van der Waals surface area contributed by atoms with E-state index in [0.717, 1.165) is 48.3 Å². The van der Waals surface area contributed by atoms with Gasteiger partial charge in [-0.3, -0.25) is 9.78 Å². The van der Waals surface area contributed by atoms with E-state index >= 15 is 0 Å². The van der Waals surface area contributed by atoms with Gasteiger partial charge in [0.05, 0.1) is 5.56 Å². The van der Waals surface area contributed by atoms with Gasteiger partial charge in [-0.25, -0.2) is 4.98 Å². The third kappa shape index (κ3) is 3.01. The second-order valence-electron chi connectivity index (χ2n) is 7.10. The number of rotatable bonds is 5. The molecular formula is C21H19N3O2. The van der Waals surface area contributed by atoms with E-state index in [1.807, 2.05) is 30.3 Å². The van der Waals surface area contributed by atoms with Crippen molar-refractivity contribution >= 4 is 11.7 Å². The van der Waals surface area contributed by atoms with Gasteiger partial charge in [0.2, 0.25) is 0 Å². The molecule has 3 aromatic rings. The van der Waals surface area contributed by atoms with E-state index in [2.05, 4.69) is 15.3 Å². The summed E-state index contributed by atoms with van der Waals surface area (Å²) in [5, 5.41) is 2.93. The number of furan rings is 1. The van der Waals surface area contributed by atoms with Crippen LogP contribution in [0.25, 0.3) is 11.1 Å². The van der Waals surface area contributed by atoms with Crippen LogP contribution >= 0.6 is 0 Å². The lowest BCUT2D eigenvalue weighted by Gasteiger charge is -2.06. The molecule has 2 saturated carbocycles. The highest BCUT2D eigenvalue weighted by Crippen LogP contribution is 2.47. The zero-order chi connectivity index (χ0) is 17.5. The van der Waals surface area contributed by atoms with Crippen molar-refractivity contribution in [3.8, 4) is 11.1 Å². The molecule has 130 valence electrons. The van der Waals surface area contributed by atoms with Gasteiger partial charge in [0, 0.05) is 36.0 Å². The van der Waals surface area contributed by atoms with Crippen molar-refractivity contribution in [2.45, 2.75) is 37.5 Å². The molecule has 5 rings (SSSR count). The van der Waals surface area contributed by atoms with Crippen LogP contribution in [0.2, 0.25) is 0 Å². The summed E-state index contributed by atoms with van der Waals surface area (Å²) in [4.78, 5) is 21.3. The lowest BCUT2D eigenvalue weighted by Crippen LogP contribution is -2.13. The predicted octanol–water partition coefficient (Wildman–Crippen LogP) is 4.74. The van der Waals surface area contributed by atoms with Crippen molar-refractivity contribution in [3.63, 3.8) is 0 Å². The van der Waals surface area contributed by atoms with Crippen LogP contribution in [0.15, 0.2) is 53.3 Å². The highest BCUT2D eigenvalue weighted by Gasteiger charge is 2.36.